The molecule has 2 rings (SSSR count). The van der Waals surface area contributed by atoms with Crippen molar-refractivity contribution in [3.05, 3.63) is 58.6 Å². The summed E-state index contributed by atoms with van der Waals surface area (Å²) in [4.78, 5) is 12.5. The first kappa shape index (κ1) is 19.3. The summed E-state index contributed by atoms with van der Waals surface area (Å²) >= 11 is 6.05. The third kappa shape index (κ3) is 4.96. The fourth-order valence-corrected chi connectivity index (χ4v) is 3.14. The highest BCUT2D eigenvalue weighted by atomic mass is 35.5. The van der Waals surface area contributed by atoms with Gasteiger partial charge in [-0.3, -0.25) is 4.79 Å². The second-order valence-corrected chi connectivity index (χ2v) is 8.03. The van der Waals surface area contributed by atoms with Crippen molar-refractivity contribution >= 4 is 27.3 Å². The molecule has 0 heterocycles. The van der Waals surface area contributed by atoms with Gasteiger partial charge >= 0.3 is 0 Å². The van der Waals surface area contributed by atoms with Gasteiger partial charge in [0.05, 0.1) is 28.1 Å². The zero-order valence-electron chi connectivity index (χ0n) is 14.2. The molecule has 0 bridgehead atoms. The average Bonchev–Trinajstić information content (AvgIpc) is 2.55. The zero-order valence-corrected chi connectivity index (χ0v) is 15.8. The Morgan fingerprint density at radius 1 is 1.20 bits per heavy atom. The number of hydrogen-bond donors (Lipinski definition) is 1. The Morgan fingerprint density at radius 2 is 1.84 bits per heavy atom. The van der Waals surface area contributed by atoms with Gasteiger partial charge in [0.25, 0.3) is 5.91 Å². The molecule has 2 aromatic rings. The molecule has 0 aliphatic carbocycles. The van der Waals surface area contributed by atoms with Crippen LogP contribution < -0.4 is 10.1 Å². The molecular weight excluding hydrogens is 362 g/mol. The minimum absolute atomic E-state index is 0.0516. The number of halogens is 1. The Hall–Kier alpha value is -2.05. The Kier molecular flexibility index (Phi) is 6.08. The molecule has 1 amide bonds. The molecule has 0 fully saturated rings. The van der Waals surface area contributed by atoms with E-state index in [-0.39, 0.29) is 21.5 Å². The van der Waals surface area contributed by atoms with Crippen LogP contribution in [0.4, 0.5) is 0 Å². The van der Waals surface area contributed by atoms with E-state index in [0.29, 0.717) is 6.61 Å². The minimum atomic E-state index is -3.42. The summed E-state index contributed by atoms with van der Waals surface area (Å²) in [6, 6.07) is 11.2. The van der Waals surface area contributed by atoms with Crippen LogP contribution in [0.2, 0.25) is 5.02 Å². The summed E-state index contributed by atoms with van der Waals surface area (Å²) in [5.74, 6) is 0.325. The first-order chi connectivity index (χ1) is 11.7. The van der Waals surface area contributed by atoms with Crippen LogP contribution in [0.1, 0.15) is 35.8 Å². The van der Waals surface area contributed by atoms with Gasteiger partial charge in [0.15, 0.2) is 9.84 Å². The second kappa shape index (κ2) is 7.89. The lowest BCUT2D eigenvalue weighted by Crippen LogP contribution is -2.27. The summed E-state index contributed by atoms with van der Waals surface area (Å²) in [5, 5.41) is 3.02. The SMILES string of the molecule is CCOc1ccc(C(C)NC(=O)c2cc(S(C)(=O)=O)ccc2Cl)cc1. The third-order valence-electron chi connectivity index (χ3n) is 3.65. The highest BCUT2D eigenvalue weighted by Gasteiger charge is 2.17. The standard InChI is InChI=1S/C18H20ClNO4S/c1-4-24-14-7-5-13(6-8-14)12(2)20-18(21)16-11-15(25(3,22)23)9-10-17(16)19/h5-12H,4H2,1-3H3,(H,20,21). The molecule has 1 unspecified atom stereocenters. The highest BCUT2D eigenvalue weighted by Crippen LogP contribution is 2.22. The van der Waals surface area contributed by atoms with Crippen molar-refractivity contribution in [2.45, 2.75) is 24.8 Å². The van der Waals surface area contributed by atoms with Gasteiger partial charge < -0.3 is 10.1 Å². The molecule has 5 nitrogen and oxygen atoms in total. The molecule has 134 valence electrons. The van der Waals surface area contributed by atoms with Crippen LogP contribution in [0.25, 0.3) is 0 Å². The van der Waals surface area contributed by atoms with Crippen molar-refractivity contribution < 1.29 is 17.9 Å². The first-order valence-electron chi connectivity index (χ1n) is 7.75. The van der Waals surface area contributed by atoms with Crippen molar-refractivity contribution in [2.24, 2.45) is 0 Å². The molecule has 0 aliphatic heterocycles. The van der Waals surface area contributed by atoms with Crippen LogP contribution in [0.15, 0.2) is 47.4 Å². The molecule has 1 N–H and O–H groups in total. The van der Waals surface area contributed by atoms with Gasteiger partial charge in [-0.05, 0) is 49.7 Å². The van der Waals surface area contributed by atoms with Crippen molar-refractivity contribution in [1.29, 1.82) is 0 Å². The van der Waals surface area contributed by atoms with Gasteiger partial charge in [0.1, 0.15) is 5.75 Å². The van der Waals surface area contributed by atoms with Crippen LogP contribution in [0.5, 0.6) is 5.75 Å². The van der Waals surface area contributed by atoms with E-state index >= 15 is 0 Å². The Bertz CT molecular complexity index is 863. The molecule has 2 aromatic carbocycles. The van der Waals surface area contributed by atoms with Gasteiger partial charge in [0.2, 0.25) is 0 Å². The molecule has 0 radical (unpaired) electrons. The predicted octanol–water partition coefficient (Wildman–Crippen LogP) is 3.63. The molecule has 0 saturated carbocycles. The quantitative estimate of drug-likeness (QED) is 0.829. The monoisotopic (exact) mass is 381 g/mol. The van der Waals surface area contributed by atoms with Crippen LogP contribution in [0.3, 0.4) is 0 Å². The number of carbonyl (C=O) groups is 1. The van der Waals surface area contributed by atoms with E-state index in [2.05, 4.69) is 5.32 Å². The van der Waals surface area contributed by atoms with Crippen molar-refractivity contribution in [3.63, 3.8) is 0 Å². The smallest absolute Gasteiger partial charge is 0.253 e. The summed E-state index contributed by atoms with van der Waals surface area (Å²) in [6.45, 7) is 4.33. The van der Waals surface area contributed by atoms with Crippen LogP contribution in [-0.2, 0) is 9.84 Å². The van der Waals surface area contributed by atoms with E-state index in [1.165, 1.54) is 18.2 Å². The number of sulfone groups is 1. The summed E-state index contributed by atoms with van der Waals surface area (Å²) < 4.78 is 28.7. The lowest BCUT2D eigenvalue weighted by Gasteiger charge is -2.16. The fourth-order valence-electron chi connectivity index (χ4n) is 2.29. The van der Waals surface area contributed by atoms with E-state index < -0.39 is 15.7 Å². The van der Waals surface area contributed by atoms with E-state index in [1.807, 2.05) is 38.1 Å². The largest absolute Gasteiger partial charge is 0.494 e. The molecule has 0 aliphatic rings. The predicted molar refractivity (Wildman–Crippen MR) is 98.1 cm³/mol. The maximum absolute atomic E-state index is 12.5. The Labute approximate surface area is 152 Å². The van der Waals surface area contributed by atoms with Gasteiger partial charge in [0, 0.05) is 6.26 Å². The number of amides is 1. The second-order valence-electron chi connectivity index (χ2n) is 5.61. The summed E-state index contributed by atoms with van der Waals surface area (Å²) in [6.07, 6.45) is 1.08. The van der Waals surface area contributed by atoms with Gasteiger partial charge in [-0.25, -0.2) is 8.42 Å². The number of benzene rings is 2. The number of ether oxygens (including phenoxy) is 1. The molecule has 0 saturated heterocycles. The summed E-state index contributed by atoms with van der Waals surface area (Å²) in [5.41, 5.74) is 1.02. The Balaban J connectivity index is 2.18. The van der Waals surface area contributed by atoms with Crippen LogP contribution in [-0.4, -0.2) is 27.2 Å². The van der Waals surface area contributed by atoms with E-state index in [9.17, 15) is 13.2 Å². The number of hydrogen-bond acceptors (Lipinski definition) is 4. The molecule has 1 atom stereocenters. The summed E-state index contributed by atoms with van der Waals surface area (Å²) in [7, 11) is -3.42. The van der Waals surface area contributed by atoms with Crippen molar-refractivity contribution in [3.8, 4) is 5.75 Å². The van der Waals surface area contributed by atoms with Crippen LogP contribution >= 0.6 is 11.6 Å². The maximum Gasteiger partial charge on any atom is 0.253 e. The van der Waals surface area contributed by atoms with Gasteiger partial charge in [-0.2, -0.15) is 0 Å². The number of rotatable bonds is 6. The zero-order chi connectivity index (χ0) is 18.6. The molecule has 0 spiro atoms. The molecule has 7 heteroatoms. The van der Waals surface area contributed by atoms with Crippen molar-refractivity contribution in [1.82, 2.24) is 5.32 Å². The van der Waals surface area contributed by atoms with Gasteiger partial charge in [-0.1, -0.05) is 23.7 Å². The van der Waals surface area contributed by atoms with Crippen molar-refractivity contribution in [2.75, 3.05) is 12.9 Å². The topological polar surface area (TPSA) is 72.5 Å². The number of nitrogens with one attached hydrogen (secondary N) is 1. The Morgan fingerprint density at radius 3 is 2.40 bits per heavy atom. The van der Waals surface area contributed by atoms with E-state index in [1.54, 1.807) is 0 Å². The third-order valence-corrected chi connectivity index (χ3v) is 5.09. The lowest BCUT2D eigenvalue weighted by molar-refractivity contribution is 0.0940. The first-order valence-corrected chi connectivity index (χ1v) is 10.0. The lowest BCUT2D eigenvalue weighted by atomic mass is 10.1. The molecular formula is C18H20ClNO4S. The highest BCUT2D eigenvalue weighted by molar-refractivity contribution is 7.90. The van der Waals surface area contributed by atoms with Gasteiger partial charge in [-0.15, -0.1) is 0 Å². The average molecular weight is 382 g/mol. The van der Waals surface area contributed by atoms with Crippen LogP contribution in [0, 0.1) is 0 Å². The number of carbonyl (C=O) groups excluding carboxylic acids is 1. The normalized spacial score (nSPS) is 12.5. The molecule has 0 aromatic heterocycles. The minimum Gasteiger partial charge on any atom is -0.494 e. The van der Waals surface area contributed by atoms with E-state index in [0.717, 1.165) is 17.6 Å². The van der Waals surface area contributed by atoms with E-state index in [4.69, 9.17) is 16.3 Å². The maximum atomic E-state index is 12.5. The fraction of sp³-hybridized carbons (Fsp3) is 0.278. The molecule has 25 heavy (non-hydrogen) atoms.